The standard InChI is InChI=1S/C13H14O2/c14-12-11-6-2-1-5-10(11)9-13(12)7-3-4-8-15-13/h1-2,5-6H,3-4,7-9H2. The molecule has 1 aliphatic carbocycles. The van der Waals surface area contributed by atoms with E-state index in [0.717, 1.165) is 43.4 Å². The quantitative estimate of drug-likeness (QED) is 0.645. The van der Waals surface area contributed by atoms with Gasteiger partial charge in [-0.05, 0) is 24.8 Å². The van der Waals surface area contributed by atoms with Crippen molar-refractivity contribution in [1.82, 2.24) is 0 Å². The van der Waals surface area contributed by atoms with Crippen LogP contribution in [0.4, 0.5) is 0 Å². The molecule has 78 valence electrons. The van der Waals surface area contributed by atoms with Crippen molar-refractivity contribution in [3.05, 3.63) is 35.4 Å². The van der Waals surface area contributed by atoms with E-state index in [0.29, 0.717) is 0 Å². The van der Waals surface area contributed by atoms with Gasteiger partial charge in [0.2, 0.25) is 0 Å². The van der Waals surface area contributed by atoms with Crippen LogP contribution in [0, 0.1) is 0 Å². The minimum Gasteiger partial charge on any atom is -0.366 e. The number of hydrogen-bond donors (Lipinski definition) is 0. The highest BCUT2D eigenvalue weighted by atomic mass is 16.5. The molecule has 2 aliphatic rings. The van der Waals surface area contributed by atoms with Crippen LogP contribution < -0.4 is 0 Å². The highest BCUT2D eigenvalue weighted by molar-refractivity contribution is 6.07. The van der Waals surface area contributed by atoms with Gasteiger partial charge in [-0.15, -0.1) is 0 Å². The summed E-state index contributed by atoms with van der Waals surface area (Å²) < 4.78 is 5.77. The Hall–Kier alpha value is -1.15. The van der Waals surface area contributed by atoms with Gasteiger partial charge in [0.05, 0.1) is 0 Å². The van der Waals surface area contributed by atoms with Crippen LogP contribution in [0.1, 0.15) is 35.2 Å². The Kier molecular flexibility index (Phi) is 1.93. The van der Waals surface area contributed by atoms with Gasteiger partial charge in [0, 0.05) is 18.6 Å². The number of fused-ring (bicyclic) bond motifs is 1. The second kappa shape index (κ2) is 3.17. The van der Waals surface area contributed by atoms with E-state index in [4.69, 9.17) is 4.74 Å². The van der Waals surface area contributed by atoms with E-state index < -0.39 is 5.60 Å². The van der Waals surface area contributed by atoms with E-state index in [1.807, 2.05) is 24.3 Å². The molecule has 2 heteroatoms. The first kappa shape index (κ1) is 9.10. The zero-order valence-corrected chi connectivity index (χ0v) is 8.66. The van der Waals surface area contributed by atoms with Gasteiger partial charge in [-0.3, -0.25) is 4.79 Å². The van der Waals surface area contributed by atoms with Gasteiger partial charge in [-0.25, -0.2) is 0 Å². The molecule has 1 aromatic carbocycles. The first-order valence-electron chi connectivity index (χ1n) is 5.58. The van der Waals surface area contributed by atoms with E-state index in [1.165, 1.54) is 0 Å². The Balaban J connectivity index is 2.01. The molecule has 15 heavy (non-hydrogen) atoms. The number of carbonyl (C=O) groups is 1. The van der Waals surface area contributed by atoms with Gasteiger partial charge in [-0.2, -0.15) is 0 Å². The molecular formula is C13H14O2. The summed E-state index contributed by atoms with van der Waals surface area (Å²) in [4.78, 5) is 12.2. The third-order valence-electron chi connectivity index (χ3n) is 3.51. The van der Waals surface area contributed by atoms with Crippen LogP contribution in [0.15, 0.2) is 24.3 Å². The van der Waals surface area contributed by atoms with Gasteiger partial charge in [0.25, 0.3) is 0 Å². The Morgan fingerprint density at radius 2 is 2.07 bits per heavy atom. The van der Waals surface area contributed by atoms with Crippen LogP contribution in [0.2, 0.25) is 0 Å². The summed E-state index contributed by atoms with van der Waals surface area (Å²) in [6, 6.07) is 7.89. The Morgan fingerprint density at radius 1 is 1.20 bits per heavy atom. The molecule has 0 saturated carbocycles. The Bertz CT molecular complexity index is 403. The summed E-state index contributed by atoms with van der Waals surface area (Å²) in [6.07, 6.45) is 3.87. The van der Waals surface area contributed by atoms with Crippen molar-refractivity contribution < 1.29 is 9.53 Å². The van der Waals surface area contributed by atoms with Crippen LogP contribution in [0.25, 0.3) is 0 Å². The molecule has 0 aromatic heterocycles. The van der Waals surface area contributed by atoms with Gasteiger partial charge in [-0.1, -0.05) is 24.3 Å². The zero-order valence-electron chi connectivity index (χ0n) is 8.66. The van der Waals surface area contributed by atoms with Crippen LogP contribution in [-0.4, -0.2) is 18.0 Å². The van der Waals surface area contributed by atoms with Crippen LogP contribution in [0.3, 0.4) is 0 Å². The molecule has 1 aromatic rings. The molecule has 1 saturated heterocycles. The summed E-state index contributed by atoms with van der Waals surface area (Å²) in [7, 11) is 0. The zero-order chi connectivity index (χ0) is 10.3. The maximum atomic E-state index is 12.2. The highest BCUT2D eigenvalue weighted by Crippen LogP contribution is 2.38. The van der Waals surface area contributed by atoms with Gasteiger partial charge >= 0.3 is 0 Å². The first-order chi connectivity index (χ1) is 7.32. The third kappa shape index (κ3) is 1.25. The number of ketones is 1. The molecule has 1 aliphatic heterocycles. The summed E-state index contributed by atoms with van der Waals surface area (Å²) in [5.74, 6) is 0.206. The molecule has 0 N–H and O–H groups in total. The highest BCUT2D eigenvalue weighted by Gasteiger charge is 2.46. The molecule has 1 spiro atoms. The Morgan fingerprint density at radius 3 is 2.80 bits per heavy atom. The molecule has 0 amide bonds. The monoisotopic (exact) mass is 202 g/mol. The van der Waals surface area contributed by atoms with Gasteiger partial charge < -0.3 is 4.74 Å². The van der Waals surface area contributed by atoms with Crippen molar-refractivity contribution in [2.75, 3.05) is 6.61 Å². The number of Topliss-reactive ketones (excluding diaryl/α,β-unsaturated/α-hetero) is 1. The van der Waals surface area contributed by atoms with Crippen molar-refractivity contribution in [3.8, 4) is 0 Å². The average molecular weight is 202 g/mol. The molecule has 2 nitrogen and oxygen atoms in total. The minimum absolute atomic E-state index is 0.206. The summed E-state index contributed by atoms with van der Waals surface area (Å²) >= 11 is 0. The average Bonchev–Trinajstić information content (AvgIpc) is 2.54. The lowest BCUT2D eigenvalue weighted by Gasteiger charge is -2.31. The van der Waals surface area contributed by atoms with Crippen molar-refractivity contribution in [3.63, 3.8) is 0 Å². The SMILES string of the molecule is O=C1c2ccccc2CC12CCCCO2. The lowest BCUT2D eigenvalue weighted by atomic mass is 9.90. The maximum absolute atomic E-state index is 12.2. The molecule has 3 rings (SSSR count). The summed E-state index contributed by atoms with van der Waals surface area (Å²) in [5.41, 5.74) is 1.53. The topological polar surface area (TPSA) is 26.3 Å². The molecule has 1 atom stereocenters. The second-order valence-electron chi connectivity index (χ2n) is 4.46. The molecule has 0 bridgehead atoms. The normalized spacial score (nSPS) is 29.5. The molecule has 1 fully saturated rings. The van der Waals surface area contributed by atoms with Crippen LogP contribution >= 0.6 is 0 Å². The fraction of sp³-hybridized carbons (Fsp3) is 0.462. The molecular weight excluding hydrogens is 188 g/mol. The summed E-state index contributed by atoms with van der Waals surface area (Å²) in [5, 5.41) is 0. The largest absolute Gasteiger partial charge is 0.366 e. The molecule has 1 heterocycles. The van der Waals surface area contributed by atoms with Gasteiger partial charge in [0.1, 0.15) is 5.60 Å². The lowest BCUT2D eigenvalue weighted by Crippen LogP contribution is -2.42. The van der Waals surface area contributed by atoms with Crippen molar-refractivity contribution in [2.45, 2.75) is 31.3 Å². The number of benzene rings is 1. The number of ether oxygens (including phenoxy) is 1. The lowest BCUT2D eigenvalue weighted by molar-refractivity contribution is -0.0491. The number of carbonyl (C=O) groups excluding carboxylic acids is 1. The third-order valence-corrected chi connectivity index (χ3v) is 3.51. The number of hydrogen-bond acceptors (Lipinski definition) is 2. The van der Waals surface area contributed by atoms with Crippen LogP contribution in [-0.2, 0) is 11.2 Å². The fourth-order valence-electron chi connectivity index (χ4n) is 2.70. The van der Waals surface area contributed by atoms with Gasteiger partial charge in [0.15, 0.2) is 5.78 Å². The smallest absolute Gasteiger partial charge is 0.195 e. The fourth-order valence-corrected chi connectivity index (χ4v) is 2.70. The molecule has 0 radical (unpaired) electrons. The van der Waals surface area contributed by atoms with E-state index in [-0.39, 0.29) is 5.78 Å². The predicted molar refractivity (Wildman–Crippen MR) is 57.0 cm³/mol. The van der Waals surface area contributed by atoms with Crippen molar-refractivity contribution in [1.29, 1.82) is 0 Å². The first-order valence-corrected chi connectivity index (χ1v) is 5.58. The van der Waals surface area contributed by atoms with Crippen LogP contribution in [0.5, 0.6) is 0 Å². The molecule has 1 unspecified atom stereocenters. The van der Waals surface area contributed by atoms with E-state index >= 15 is 0 Å². The van der Waals surface area contributed by atoms with E-state index in [2.05, 4.69) is 0 Å². The van der Waals surface area contributed by atoms with E-state index in [1.54, 1.807) is 0 Å². The minimum atomic E-state index is -0.498. The van der Waals surface area contributed by atoms with Crippen molar-refractivity contribution >= 4 is 5.78 Å². The van der Waals surface area contributed by atoms with E-state index in [9.17, 15) is 4.79 Å². The van der Waals surface area contributed by atoms with Crippen molar-refractivity contribution in [2.24, 2.45) is 0 Å². The number of rotatable bonds is 0. The summed E-state index contributed by atoms with van der Waals surface area (Å²) in [6.45, 7) is 0.736. The predicted octanol–water partition coefficient (Wildman–Crippen LogP) is 2.36. The second-order valence-corrected chi connectivity index (χ2v) is 4.46. The Labute approximate surface area is 89.2 Å². The maximum Gasteiger partial charge on any atom is 0.195 e.